The van der Waals surface area contributed by atoms with Gasteiger partial charge in [0.1, 0.15) is 0 Å². The quantitative estimate of drug-likeness (QED) is 0.627. The van der Waals surface area contributed by atoms with Gasteiger partial charge in [-0.2, -0.15) is 5.26 Å². The number of anilines is 1. The van der Waals surface area contributed by atoms with Crippen LogP contribution in [0.5, 0.6) is 0 Å². The fourth-order valence-corrected chi connectivity index (χ4v) is 5.54. The number of benzene rings is 1. The van der Waals surface area contributed by atoms with Gasteiger partial charge in [-0.05, 0) is 85.6 Å². The predicted molar refractivity (Wildman–Crippen MR) is 126 cm³/mol. The Morgan fingerprint density at radius 3 is 2.78 bits per heavy atom. The molecule has 1 heterocycles. The average Bonchev–Trinajstić information content (AvgIpc) is 3.27. The lowest BCUT2D eigenvalue weighted by atomic mass is 9.78. The topological polar surface area (TPSA) is 89.0 Å². The van der Waals surface area contributed by atoms with Gasteiger partial charge in [-0.15, -0.1) is 0 Å². The van der Waals surface area contributed by atoms with Crippen LogP contribution < -0.4 is 5.73 Å². The van der Waals surface area contributed by atoms with E-state index in [1.165, 1.54) is 12.7 Å². The van der Waals surface area contributed by atoms with Gasteiger partial charge in [-0.1, -0.05) is 23.7 Å². The molecular weight excluding hydrogens is 422 g/mol. The Labute approximate surface area is 194 Å². The molecule has 4 rings (SSSR count). The minimum atomic E-state index is -0.0859. The monoisotopic (exact) mass is 449 g/mol. The maximum Gasteiger partial charge on any atom is 0.308 e. The van der Waals surface area contributed by atoms with E-state index in [1.54, 1.807) is 12.4 Å². The number of esters is 1. The van der Waals surface area contributed by atoms with Crippen LogP contribution in [0.15, 0.2) is 30.6 Å². The summed E-state index contributed by atoms with van der Waals surface area (Å²) in [4.78, 5) is 16.3. The van der Waals surface area contributed by atoms with Gasteiger partial charge in [0.2, 0.25) is 0 Å². The fourth-order valence-electron chi connectivity index (χ4n) is 5.34. The lowest BCUT2D eigenvalue weighted by molar-refractivity contribution is -0.145. The number of rotatable bonds is 3. The standard InChI is InChI=1S/C26H28ClN3O2/c1-15-9-18-5-3-16(17-4-6-19(10-17)26(31)32-2)7-8-21(22(18)11-20(15)12-28)23-13-30-14-24(29)25(23)27/h8-9,11,13-14,16-17,19H,3-7,10,29H2,1-2H3. The van der Waals surface area contributed by atoms with Crippen molar-refractivity contribution in [3.8, 4) is 6.07 Å². The number of aryl methyl sites for hydroxylation is 2. The molecular formula is C26H28ClN3O2. The highest BCUT2D eigenvalue weighted by atomic mass is 35.5. The lowest BCUT2D eigenvalue weighted by Crippen LogP contribution is -2.18. The van der Waals surface area contributed by atoms with Gasteiger partial charge in [0, 0.05) is 11.8 Å². The number of methoxy groups -OCH3 is 1. The van der Waals surface area contributed by atoms with Crippen molar-refractivity contribution in [1.29, 1.82) is 5.26 Å². The first-order valence-electron chi connectivity index (χ1n) is 11.1. The summed E-state index contributed by atoms with van der Waals surface area (Å²) in [6.45, 7) is 1.98. The van der Waals surface area contributed by atoms with E-state index in [1.807, 2.05) is 13.0 Å². The van der Waals surface area contributed by atoms with Gasteiger partial charge < -0.3 is 10.5 Å². The molecule has 0 amide bonds. The second-order valence-corrected chi connectivity index (χ2v) is 9.35. The van der Waals surface area contributed by atoms with E-state index in [4.69, 9.17) is 22.1 Å². The molecule has 1 saturated carbocycles. The third-order valence-corrected chi connectivity index (χ3v) is 7.56. The molecule has 0 saturated heterocycles. The maximum absolute atomic E-state index is 12.0. The third kappa shape index (κ3) is 4.25. The molecule has 3 unspecified atom stereocenters. The lowest BCUT2D eigenvalue weighted by Gasteiger charge is -2.27. The van der Waals surface area contributed by atoms with E-state index < -0.39 is 0 Å². The fraction of sp³-hybridized carbons (Fsp3) is 0.423. The number of halogens is 1. The van der Waals surface area contributed by atoms with Crippen molar-refractivity contribution in [1.82, 2.24) is 4.98 Å². The van der Waals surface area contributed by atoms with Gasteiger partial charge in [0.15, 0.2) is 0 Å². The number of nitrogens with zero attached hydrogens (tertiary/aromatic N) is 2. The van der Waals surface area contributed by atoms with Crippen LogP contribution in [0.3, 0.4) is 0 Å². The van der Waals surface area contributed by atoms with Crippen LogP contribution in [-0.4, -0.2) is 18.1 Å². The number of aromatic nitrogens is 1. The molecule has 2 aliphatic carbocycles. The number of nitrogen functional groups attached to an aromatic ring is 1. The number of carbonyl (C=O) groups is 1. The molecule has 1 fully saturated rings. The molecule has 3 atom stereocenters. The molecule has 6 heteroatoms. The highest BCUT2D eigenvalue weighted by Gasteiger charge is 2.35. The Kier molecular flexibility index (Phi) is 6.53. The molecule has 0 bridgehead atoms. The zero-order valence-corrected chi connectivity index (χ0v) is 19.3. The van der Waals surface area contributed by atoms with Crippen molar-refractivity contribution in [2.75, 3.05) is 12.8 Å². The first-order valence-corrected chi connectivity index (χ1v) is 11.5. The zero-order valence-electron chi connectivity index (χ0n) is 18.5. The summed E-state index contributed by atoms with van der Waals surface area (Å²) in [5.74, 6) is 0.889. The number of carbonyl (C=O) groups excluding carboxylic acids is 1. The van der Waals surface area contributed by atoms with Crippen LogP contribution in [0.2, 0.25) is 5.02 Å². The highest BCUT2D eigenvalue weighted by Crippen LogP contribution is 2.43. The number of ether oxygens (including phenoxy) is 1. The summed E-state index contributed by atoms with van der Waals surface area (Å²) < 4.78 is 4.98. The second-order valence-electron chi connectivity index (χ2n) is 8.97. The number of hydrogen-bond donors (Lipinski definition) is 1. The summed E-state index contributed by atoms with van der Waals surface area (Å²) in [5, 5.41) is 10.1. The molecule has 166 valence electrons. The van der Waals surface area contributed by atoms with E-state index in [0.29, 0.717) is 28.1 Å². The van der Waals surface area contributed by atoms with Crippen LogP contribution in [0.1, 0.15) is 59.9 Å². The molecule has 32 heavy (non-hydrogen) atoms. The molecule has 2 aromatic rings. The molecule has 1 aromatic carbocycles. The zero-order chi connectivity index (χ0) is 22.8. The molecule has 0 radical (unpaired) electrons. The maximum atomic E-state index is 12.0. The van der Waals surface area contributed by atoms with Crippen LogP contribution in [0.25, 0.3) is 5.57 Å². The molecule has 1 aromatic heterocycles. The van der Waals surface area contributed by atoms with Crippen LogP contribution >= 0.6 is 11.6 Å². The van der Waals surface area contributed by atoms with Crippen molar-refractivity contribution in [3.63, 3.8) is 0 Å². The first-order chi connectivity index (χ1) is 15.4. The number of nitriles is 1. The Morgan fingerprint density at radius 1 is 1.22 bits per heavy atom. The summed E-state index contributed by atoms with van der Waals surface area (Å²) in [7, 11) is 1.47. The largest absolute Gasteiger partial charge is 0.469 e. The smallest absolute Gasteiger partial charge is 0.308 e. The second kappa shape index (κ2) is 9.34. The van der Waals surface area contributed by atoms with E-state index >= 15 is 0 Å². The Bertz CT molecular complexity index is 1120. The Hall–Kier alpha value is -2.84. The number of fused-ring (bicyclic) bond motifs is 1. The first kappa shape index (κ1) is 22.4. The van der Waals surface area contributed by atoms with Gasteiger partial charge in [0.05, 0.1) is 41.6 Å². The third-order valence-electron chi connectivity index (χ3n) is 7.14. The normalized spacial score (nSPS) is 22.8. The van der Waals surface area contributed by atoms with E-state index in [9.17, 15) is 10.1 Å². The number of nitrogens with two attached hydrogens (primary N) is 1. The molecule has 0 aliphatic heterocycles. The molecule has 2 aliphatic rings. The minimum absolute atomic E-state index is 0.0131. The average molecular weight is 450 g/mol. The molecule has 0 spiro atoms. The van der Waals surface area contributed by atoms with E-state index in [0.717, 1.165) is 60.8 Å². The van der Waals surface area contributed by atoms with Gasteiger partial charge >= 0.3 is 5.97 Å². The van der Waals surface area contributed by atoms with Crippen molar-refractivity contribution in [2.24, 2.45) is 17.8 Å². The number of allylic oxidation sites excluding steroid dienone is 1. The highest BCUT2D eigenvalue weighted by molar-refractivity contribution is 6.35. The number of pyridine rings is 1. The van der Waals surface area contributed by atoms with E-state index in [-0.39, 0.29) is 11.9 Å². The van der Waals surface area contributed by atoms with Gasteiger partial charge in [-0.25, -0.2) is 0 Å². The van der Waals surface area contributed by atoms with Gasteiger partial charge in [-0.3, -0.25) is 9.78 Å². The van der Waals surface area contributed by atoms with Crippen molar-refractivity contribution < 1.29 is 9.53 Å². The minimum Gasteiger partial charge on any atom is -0.469 e. The summed E-state index contributed by atoms with van der Waals surface area (Å²) >= 11 is 6.60. The van der Waals surface area contributed by atoms with Crippen LogP contribution in [0, 0.1) is 36.0 Å². The summed E-state index contributed by atoms with van der Waals surface area (Å²) in [6.07, 6.45) is 11.2. The predicted octanol–water partition coefficient (Wildman–Crippen LogP) is 5.47. The Morgan fingerprint density at radius 2 is 2.03 bits per heavy atom. The molecule has 2 N–H and O–H groups in total. The summed E-state index contributed by atoms with van der Waals surface area (Å²) in [5.41, 5.74) is 12.1. The van der Waals surface area contributed by atoms with Crippen molar-refractivity contribution in [3.05, 3.63) is 63.4 Å². The summed E-state index contributed by atoms with van der Waals surface area (Å²) in [6, 6.07) is 6.41. The SMILES string of the molecule is COC(=O)C1CCC(C2CC=C(c3cncc(N)c3Cl)c3cc(C#N)c(C)cc3CC2)C1. The van der Waals surface area contributed by atoms with Crippen LogP contribution in [0.4, 0.5) is 5.69 Å². The van der Waals surface area contributed by atoms with Crippen molar-refractivity contribution >= 4 is 28.8 Å². The molecule has 5 nitrogen and oxygen atoms in total. The van der Waals surface area contributed by atoms with Gasteiger partial charge in [0.25, 0.3) is 0 Å². The van der Waals surface area contributed by atoms with E-state index in [2.05, 4.69) is 23.2 Å². The Balaban J connectivity index is 1.74. The number of hydrogen-bond acceptors (Lipinski definition) is 5. The van der Waals surface area contributed by atoms with Crippen LogP contribution in [-0.2, 0) is 16.0 Å². The van der Waals surface area contributed by atoms with Crippen molar-refractivity contribution in [2.45, 2.75) is 45.4 Å².